The number of hydrogen-bond acceptors (Lipinski definition) is 5. The number of carbonyl (C=O) groups is 1. The van der Waals surface area contributed by atoms with Crippen molar-refractivity contribution >= 4 is 23.4 Å². The van der Waals surface area contributed by atoms with E-state index in [4.69, 9.17) is 16.3 Å². The molecule has 1 aromatic carbocycles. The molecule has 5 N–H and O–H groups in total. The Bertz CT molecular complexity index is 426. The summed E-state index contributed by atoms with van der Waals surface area (Å²) < 4.78 is 5.44. The lowest BCUT2D eigenvalue weighted by atomic mass is 10.2. The first-order valence-corrected chi connectivity index (χ1v) is 7.19. The van der Waals surface area contributed by atoms with Gasteiger partial charge in [-0.1, -0.05) is 13.3 Å². The molecule has 1 amide bonds. The molecule has 0 aliphatic heterocycles. The van der Waals surface area contributed by atoms with E-state index in [0.29, 0.717) is 12.3 Å². The highest BCUT2D eigenvalue weighted by Gasteiger charge is 2.19. The van der Waals surface area contributed by atoms with E-state index in [1.165, 1.54) is 11.8 Å². The summed E-state index contributed by atoms with van der Waals surface area (Å²) in [5, 5.41) is -0.242. The summed E-state index contributed by atoms with van der Waals surface area (Å²) in [6, 6.07) is 5.47. The monoisotopic (exact) mass is 283 g/mol. The summed E-state index contributed by atoms with van der Waals surface area (Å²) in [7, 11) is 0. The third kappa shape index (κ3) is 4.65. The van der Waals surface area contributed by atoms with Crippen LogP contribution in [0.5, 0.6) is 5.75 Å². The Balaban J connectivity index is 2.88. The number of anilines is 1. The van der Waals surface area contributed by atoms with Gasteiger partial charge in [-0.25, -0.2) is 5.84 Å². The van der Waals surface area contributed by atoms with E-state index in [0.717, 1.165) is 23.5 Å². The molecule has 106 valence electrons. The van der Waals surface area contributed by atoms with E-state index in [1.54, 1.807) is 6.07 Å². The lowest BCUT2D eigenvalue weighted by Crippen LogP contribution is -2.37. The summed E-state index contributed by atoms with van der Waals surface area (Å²) in [4.78, 5) is 12.5. The number of nitrogens with two attached hydrogens (primary N) is 2. The minimum atomic E-state index is -0.242. The predicted octanol–water partition coefficient (Wildman–Crippen LogP) is 1.92. The van der Waals surface area contributed by atoms with Crippen molar-refractivity contribution in [2.75, 3.05) is 12.3 Å². The molecule has 0 spiro atoms. The molecular formula is C13H21N3O2S. The summed E-state index contributed by atoms with van der Waals surface area (Å²) in [5.41, 5.74) is 8.77. The number of rotatable bonds is 7. The van der Waals surface area contributed by atoms with E-state index in [1.807, 2.05) is 26.0 Å². The molecular weight excluding hydrogens is 262 g/mol. The molecule has 5 nitrogen and oxygen atoms in total. The Morgan fingerprint density at radius 3 is 2.79 bits per heavy atom. The quantitative estimate of drug-likeness (QED) is 0.234. The molecule has 0 saturated carbocycles. The normalized spacial score (nSPS) is 11.9. The van der Waals surface area contributed by atoms with Crippen LogP contribution in [0.15, 0.2) is 23.1 Å². The Hall–Kier alpha value is -1.40. The zero-order valence-electron chi connectivity index (χ0n) is 11.3. The number of hydrogen-bond donors (Lipinski definition) is 3. The number of thioether (sulfide) groups is 1. The Morgan fingerprint density at radius 1 is 1.47 bits per heavy atom. The number of benzene rings is 1. The minimum absolute atomic E-state index is 0.187. The Kier molecular flexibility index (Phi) is 6.52. The van der Waals surface area contributed by atoms with E-state index >= 15 is 0 Å². The second-order valence-corrected chi connectivity index (χ2v) is 5.28. The van der Waals surface area contributed by atoms with Gasteiger partial charge >= 0.3 is 0 Å². The highest BCUT2D eigenvalue weighted by molar-refractivity contribution is 8.00. The smallest absolute Gasteiger partial charge is 0.247 e. The molecule has 0 radical (unpaired) electrons. The zero-order chi connectivity index (χ0) is 14.3. The average molecular weight is 283 g/mol. The maximum Gasteiger partial charge on any atom is 0.247 e. The van der Waals surface area contributed by atoms with E-state index in [-0.39, 0.29) is 11.2 Å². The van der Waals surface area contributed by atoms with Crippen LogP contribution in [0.1, 0.15) is 26.7 Å². The number of hydrazine groups is 1. The van der Waals surface area contributed by atoms with Gasteiger partial charge in [0.15, 0.2) is 0 Å². The summed E-state index contributed by atoms with van der Waals surface area (Å²) in [6.07, 6.45) is 1.64. The Labute approximate surface area is 118 Å². The van der Waals surface area contributed by atoms with Gasteiger partial charge in [-0.15, -0.1) is 11.8 Å². The molecule has 0 aliphatic carbocycles. The molecule has 1 rings (SSSR count). The van der Waals surface area contributed by atoms with Crippen LogP contribution >= 0.6 is 11.8 Å². The topological polar surface area (TPSA) is 90.4 Å². The highest BCUT2D eigenvalue weighted by atomic mass is 32.2. The van der Waals surface area contributed by atoms with Gasteiger partial charge in [-0.05, 0) is 31.5 Å². The Morgan fingerprint density at radius 2 is 2.21 bits per heavy atom. The predicted molar refractivity (Wildman–Crippen MR) is 78.9 cm³/mol. The van der Waals surface area contributed by atoms with Crippen molar-refractivity contribution in [2.24, 2.45) is 5.84 Å². The van der Waals surface area contributed by atoms with Gasteiger partial charge in [0, 0.05) is 10.6 Å². The van der Waals surface area contributed by atoms with Crippen molar-refractivity contribution in [1.29, 1.82) is 0 Å². The highest BCUT2D eigenvalue weighted by Crippen LogP contribution is 2.33. The van der Waals surface area contributed by atoms with Gasteiger partial charge in [0.25, 0.3) is 0 Å². The SMILES string of the molecule is CCCC(Sc1cc(OCC)ccc1N)C(=O)NN. The van der Waals surface area contributed by atoms with Crippen LogP contribution in [0.4, 0.5) is 5.69 Å². The molecule has 0 aliphatic rings. The van der Waals surface area contributed by atoms with Crippen molar-refractivity contribution in [3.63, 3.8) is 0 Å². The summed E-state index contributed by atoms with van der Waals surface area (Å²) >= 11 is 1.42. The first-order chi connectivity index (χ1) is 9.12. The number of nitrogen functional groups attached to an aromatic ring is 1. The molecule has 19 heavy (non-hydrogen) atoms. The lowest BCUT2D eigenvalue weighted by Gasteiger charge is -2.16. The van der Waals surface area contributed by atoms with E-state index < -0.39 is 0 Å². The van der Waals surface area contributed by atoms with E-state index in [2.05, 4.69) is 5.43 Å². The maximum atomic E-state index is 11.7. The van der Waals surface area contributed by atoms with Crippen molar-refractivity contribution < 1.29 is 9.53 Å². The van der Waals surface area contributed by atoms with E-state index in [9.17, 15) is 4.79 Å². The second-order valence-electron chi connectivity index (χ2n) is 4.04. The first-order valence-electron chi connectivity index (χ1n) is 6.31. The molecule has 0 aromatic heterocycles. The standard InChI is InChI=1S/C13H21N3O2S/c1-3-5-11(13(17)16-15)19-12-8-9(18-4-2)6-7-10(12)14/h6-8,11H,3-5,14-15H2,1-2H3,(H,16,17). The molecule has 1 unspecified atom stereocenters. The van der Waals surface area contributed by atoms with Gasteiger partial charge < -0.3 is 10.5 Å². The van der Waals surface area contributed by atoms with Crippen LogP contribution in [-0.4, -0.2) is 17.8 Å². The van der Waals surface area contributed by atoms with Crippen molar-refractivity contribution in [1.82, 2.24) is 5.43 Å². The first kappa shape index (κ1) is 15.7. The van der Waals surface area contributed by atoms with Crippen molar-refractivity contribution in [2.45, 2.75) is 36.8 Å². The van der Waals surface area contributed by atoms with Crippen LogP contribution in [0.3, 0.4) is 0 Å². The fourth-order valence-electron chi connectivity index (χ4n) is 1.63. The molecule has 0 bridgehead atoms. The van der Waals surface area contributed by atoms with Crippen LogP contribution in [0.25, 0.3) is 0 Å². The molecule has 0 fully saturated rings. The van der Waals surface area contributed by atoms with Gasteiger partial charge in [-0.2, -0.15) is 0 Å². The van der Waals surface area contributed by atoms with Crippen molar-refractivity contribution in [3.05, 3.63) is 18.2 Å². The molecule has 1 atom stereocenters. The van der Waals surface area contributed by atoms with Gasteiger partial charge in [0.2, 0.25) is 5.91 Å². The van der Waals surface area contributed by atoms with Gasteiger partial charge in [0.1, 0.15) is 5.75 Å². The average Bonchev–Trinajstić information content (AvgIpc) is 2.41. The lowest BCUT2D eigenvalue weighted by molar-refractivity contribution is -0.120. The maximum absolute atomic E-state index is 11.7. The molecule has 0 saturated heterocycles. The number of nitrogens with one attached hydrogen (secondary N) is 1. The third-order valence-corrected chi connectivity index (χ3v) is 3.89. The largest absolute Gasteiger partial charge is 0.494 e. The second kappa shape index (κ2) is 7.91. The molecule has 6 heteroatoms. The fourth-order valence-corrected chi connectivity index (χ4v) is 2.85. The van der Waals surface area contributed by atoms with Crippen LogP contribution in [0, 0.1) is 0 Å². The number of ether oxygens (including phenoxy) is 1. The van der Waals surface area contributed by atoms with Crippen LogP contribution < -0.4 is 21.7 Å². The number of carbonyl (C=O) groups excluding carboxylic acids is 1. The van der Waals surface area contributed by atoms with Gasteiger partial charge in [0.05, 0.1) is 11.9 Å². The number of amides is 1. The third-order valence-electron chi connectivity index (χ3n) is 2.55. The van der Waals surface area contributed by atoms with Crippen LogP contribution in [0.2, 0.25) is 0 Å². The van der Waals surface area contributed by atoms with Crippen LogP contribution in [-0.2, 0) is 4.79 Å². The summed E-state index contributed by atoms with van der Waals surface area (Å²) in [6.45, 7) is 4.54. The van der Waals surface area contributed by atoms with Gasteiger partial charge in [-0.3, -0.25) is 10.2 Å². The molecule has 1 aromatic rings. The fraction of sp³-hybridized carbons (Fsp3) is 0.462. The molecule has 0 heterocycles. The zero-order valence-corrected chi connectivity index (χ0v) is 12.1. The minimum Gasteiger partial charge on any atom is -0.494 e. The summed E-state index contributed by atoms with van der Waals surface area (Å²) in [5.74, 6) is 5.77. The van der Waals surface area contributed by atoms with Crippen molar-refractivity contribution in [3.8, 4) is 5.75 Å².